The van der Waals surface area contributed by atoms with E-state index < -0.39 is 6.04 Å². The SMILES string of the molecule is Cc1ccc(CN(C(=O)Cc2cccs2)[C@@H](C(=O)NC2CCCC2)c2ccccc2)cc1. The third-order valence-corrected chi connectivity index (χ3v) is 6.95. The molecule has 1 aliphatic carbocycles. The number of hydrogen-bond donors (Lipinski definition) is 1. The van der Waals surface area contributed by atoms with Gasteiger partial charge in [0.15, 0.2) is 0 Å². The normalized spacial score (nSPS) is 14.8. The molecule has 1 atom stereocenters. The van der Waals surface area contributed by atoms with Crippen molar-refractivity contribution in [2.45, 2.75) is 57.7 Å². The number of benzene rings is 2. The summed E-state index contributed by atoms with van der Waals surface area (Å²) in [6, 6.07) is 21.3. The van der Waals surface area contributed by atoms with Crippen molar-refractivity contribution in [1.82, 2.24) is 10.2 Å². The minimum absolute atomic E-state index is 0.0385. The quantitative estimate of drug-likeness (QED) is 0.502. The van der Waals surface area contributed by atoms with E-state index in [1.54, 1.807) is 16.2 Å². The highest BCUT2D eigenvalue weighted by Gasteiger charge is 2.33. The van der Waals surface area contributed by atoms with E-state index in [-0.39, 0.29) is 17.9 Å². The van der Waals surface area contributed by atoms with Gasteiger partial charge in [-0.3, -0.25) is 9.59 Å². The highest BCUT2D eigenvalue weighted by atomic mass is 32.1. The fraction of sp³-hybridized carbons (Fsp3) is 0.333. The van der Waals surface area contributed by atoms with Crippen molar-refractivity contribution < 1.29 is 9.59 Å². The van der Waals surface area contributed by atoms with Crippen LogP contribution in [0, 0.1) is 6.92 Å². The topological polar surface area (TPSA) is 49.4 Å². The number of carbonyl (C=O) groups is 2. The minimum atomic E-state index is -0.662. The van der Waals surface area contributed by atoms with Crippen LogP contribution in [0.1, 0.15) is 53.3 Å². The van der Waals surface area contributed by atoms with Gasteiger partial charge in [-0.25, -0.2) is 0 Å². The molecular weight excluding hydrogens is 416 g/mol. The Morgan fingerprint density at radius 3 is 2.38 bits per heavy atom. The molecule has 2 amide bonds. The first-order valence-corrected chi connectivity index (χ1v) is 12.2. The number of nitrogens with one attached hydrogen (secondary N) is 1. The van der Waals surface area contributed by atoms with Crippen molar-refractivity contribution in [3.63, 3.8) is 0 Å². The van der Waals surface area contributed by atoms with E-state index in [0.717, 1.165) is 41.7 Å². The number of aryl methyl sites for hydroxylation is 1. The van der Waals surface area contributed by atoms with Gasteiger partial charge in [0.2, 0.25) is 11.8 Å². The Bertz CT molecular complexity index is 1010. The Hall–Kier alpha value is -2.92. The molecule has 0 spiro atoms. The van der Waals surface area contributed by atoms with E-state index in [2.05, 4.69) is 5.32 Å². The average Bonchev–Trinajstić information content (AvgIpc) is 3.50. The molecule has 1 aromatic heterocycles. The van der Waals surface area contributed by atoms with Crippen LogP contribution in [-0.2, 0) is 22.6 Å². The Morgan fingerprint density at radius 2 is 1.72 bits per heavy atom. The van der Waals surface area contributed by atoms with Crippen LogP contribution in [0.5, 0.6) is 0 Å². The molecule has 1 N–H and O–H groups in total. The standard InChI is InChI=1S/C27H30N2O2S/c1-20-13-15-21(16-14-20)19-29(25(30)18-24-12-7-17-32-24)26(22-8-3-2-4-9-22)27(31)28-23-10-5-6-11-23/h2-4,7-9,12-17,23,26H,5-6,10-11,18-19H2,1H3,(H,28,31)/t26-/m1/s1. The molecule has 1 saturated carbocycles. The predicted molar refractivity (Wildman–Crippen MR) is 129 cm³/mol. The first-order chi connectivity index (χ1) is 15.6. The first-order valence-electron chi connectivity index (χ1n) is 11.3. The molecule has 4 nitrogen and oxygen atoms in total. The summed E-state index contributed by atoms with van der Waals surface area (Å²) in [6.07, 6.45) is 4.60. The Labute approximate surface area is 194 Å². The van der Waals surface area contributed by atoms with Crippen LogP contribution in [0.3, 0.4) is 0 Å². The van der Waals surface area contributed by atoms with Gasteiger partial charge < -0.3 is 10.2 Å². The fourth-order valence-electron chi connectivity index (χ4n) is 4.34. The van der Waals surface area contributed by atoms with Crippen LogP contribution in [0.4, 0.5) is 0 Å². The van der Waals surface area contributed by atoms with E-state index in [4.69, 9.17) is 0 Å². The third-order valence-electron chi connectivity index (χ3n) is 6.08. The maximum Gasteiger partial charge on any atom is 0.247 e. The highest BCUT2D eigenvalue weighted by Crippen LogP contribution is 2.27. The van der Waals surface area contributed by atoms with E-state index in [9.17, 15) is 9.59 Å². The lowest BCUT2D eigenvalue weighted by molar-refractivity contribution is -0.141. The second kappa shape index (κ2) is 10.6. The van der Waals surface area contributed by atoms with E-state index in [1.807, 2.05) is 79.0 Å². The van der Waals surface area contributed by atoms with Gasteiger partial charge in [0, 0.05) is 17.5 Å². The lowest BCUT2D eigenvalue weighted by atomic mass is 10.0. The maximum absolute atomic E-state index is 13.6. The Kier molecular flexibility index (Phi) is 7.38. The number of hydrogen-bond acceptors (Lipinski definition) is 3. The van der Waals surface area contributed by atoms with Gasteiger partial charge in [-0.2, -0.15) is 0 Å². The molecule has 0 bridgehead atoms. The van der Waals surface area contributed by atoms with Crippen molar-refractivity contribution in [3.05, 3.63) is 93.7 Å². The van der Waals surface area contributed by atoms with Crippen LogP contribution in [0.25, 0.3) is 0 Å². The number of carbonyl (C=O) groups excluding carboxylic acids is 2. The summed E-state index contributed by atoms with van der Waals surface area (Å²) in [4.78, 5) is 29.9. The molecular formula is C27H30N2O2S. The number of nitrogens with zero attached hydrogens (tertiary/aromatic N) is 1. The molecule has 1 heterocycles. The molecule has 0 unspecified atom stereocenters. The van der Waals surface area contributed by atoms with Crippen LogP contribution in [-0.4, -0.2) is 22.8 Å². The summed E-state index contributed by atoms with van der Waals surface area (Å²) in [5.41, 5.74) is 3.03. The molecule has 32 heavy (non-hydrogen) atoms. The number of thiophene rings is 1. The summed E-state index contributed by atoms with van der Waals surface area (Å²) < 4.78 is 0. The smallest absolute Gasteiger partial charge is 0.247 e. The average molecular weight is 447 g/mol. The molecule has 166 valence electrons. The first kappa shape index (κ1) is 22.3. The zero-order chi connectivity index (χ0) is 22.3. The maximum atomic E-state index is 13.6. The highest BCUT2D eigenvalue weighted by molar-refractivity contribution is 7.10. The molecule has 2 aromatic carbocycles. The van der Waals surface area contributed by atoms with Gasteiger partial charge in [-0.1, -0.05) is 79.1 Å². The summed E-state index contributed by atoms with van der Waals surface area (Å²) in [5.74, 6) is -0.127. The van der Waals surface area contributed by atoms with Crippen molar-refractivity contribution in [1.29, 1.82) is 0 Å². The molecule has 0 saturated heterocycles. The molecule has 1 fully saturated rings. The van der Waals surface area contributed by atoms with Crippen molar-refractivity contribution in [2.75, 3.05) is 0 Å². The molecule has 3 aromatic rings. The molecule has 4 rings (SSSR count). The molecule has 5 heteroatoms. The second-order valence-corrected chi connectivity index (χ2v) is 9.60. The lowest BCUT2D eigenvalue weighted by Gasteiger charge is -2.32. The zero-order valence-corrected chi connectivity index (χ0v) is 19.3. The predicted octanol–water partition coefficient (Wildman–Crippen LogP) is 5.43. The zero-order valence-electron chi connectivity index (χ0n) is 18.5. The van der Waals surface area contributed by atoms with Gasteiger partial charge in [0.25, 0.3) is 0 Å². The molecule has 1 aliphatic rings. The molecule has 0 aliphatic heterocycles. The van der Waals surface area contributed by atoms with Crippen molar-refractivity contribution in [2.24, 2.45) is 0 Å². The van der Waals surface area contributed by atoms with Gasteiger partial charge in [-0.05, 0) is 42.3 Å². The summed E-state index contributed by atoms with van der Waals surface area (Å²) in [5, 5.41) is 5.22. The van der Waals surface area contributed by atoms with Gasteiger partial charge in [-0.15, -0.1) is 11.3 Å². The lowest BCUT2D eigenvalue weighted by Crippen LogP contribution is -2.46. The van der Waals surface area contributed by atoms with Gasteiger partial charge in [0.1, 0.15) is 6.04 Å². The molecule has 0 radical (unpaired) electrons. The summed E-state index contributed by atoms with van der Waals surface area (Å²) >= 11 is 1.57. The Balaban J connectivity index is 1.67. The van der Waals surface area contributed by atoms with Crippen molar-refractivity contribution in [3.8, 4) is 0 Å². The van der Waals surface area contributed by atoms with Gasteiger partial charge >= 0.3 is 0 Å². The summed E-state index contributed by atoms with van der Waals surface area (Å²) in [7, 11) is 0. The van der Waals surface area contributed by atoms with Gasteiger partial charge in [0.05, 0.1) is 6.42 Å². The Morgan fingerprint density at radius 1 is 1.00 bits per heavy atom. The van der Waals surface area contributed by atoms with Crippen LogP contribution in [0.15, 0.2) is 72.1 Å². The largest absolute Gasteiger partial charge is 0.351 e. The van der Waals surface area contributed by atoms with Crippen LogP contribution < -0.4 is 5.32 Å². The van der Waals surface area contributed by atoms with E-state index in [0.29, 0.717) is 13.0 Å². The van der Waals surface area contributed by atoms with E-state index >= 15 is 0 Å². The third kappa shape index (κ3) is 5.65. The van der Waals surface area contributed by atoms with Crippen molar-refractivity contribution >= 4 is 23.2 Å². The second-order valence-electron chi connectivity index (χ2n) is 8.57. The fourth-order valence-corrected chi connectivity index (χ4v) is 5.03. The summed E-state index contributed by atoms with van der Waals surface area (Å²) in [6.45, 7) is 2.44. The number of rotatable bonds is 8. The van der Waals surface area contributed by atoms with Crippen LogP contribution >= 0.6 is 11.3 Å². The minimum Gasteiger partial charge on any atom is -0.351 e. The van der Waals surface area contributed by atoms with E-state index in [1.165, 1.54) is 5.56 Å². The van der Waals surface area contributed by atoms with Crippen LogP contribution in [0.2, 0.25) is 0 Å². The number of amides is 2. The monoisotopic (exact) mass is 446 g/mol.